The van der Waals surface area contributed by atoms with Crippen LogP contribution in [0.1, 0.15) is 0 Å². The Morgan fingerprint density at radius 3 is 2.37 bits per heavy atom. The molecule has 0 aromatic heterocycles. The zero-order chi connectivity index (χ0) is 20.1. The highest BCUT2D eigenvalue weighted by molar-refractivity contribution is 7.96. The summed E-state index contributed by atoms with van der Waals surface area (Å²) >= 11 is -1.11. The van der Waals surface area contributed by atoms with Gasteiger partial charge in [-0.15, -0.1) is 4.33 Å². The minimum Gasteiger partial charge on any atom is -0.507 e. The van der Waals surface area contributed by atoms with Gasteiger partial charge in [-0.2, -0.15) is 13.2 Å². The summed E-state index contributed by atoms with van der Waals surface area (Å²) in [4.78, 5) is 11.4. The minimum atomic E-state index is -5.69. The number of aromatic hydroxyl groups is 1. The van der Waals surface area contributed by atoms with Crippen LogP contribution in [0.4, 0.5) is 17.6 Å². The first-order valence-corrected chi connectivity index (χ1v) is 7.87. The van der Waals surface area contributed by atoms with E-state index in [0.717, 1.165) is 0 Å². The molecule has 0 aliphatic rings. The third-order valence-corrected chi connectivity index (χ3v) is 4.00. The van der Waals surface area contributed by atoms with E-state index in [1.54, 1.807) is 24.3 Å². The normalized spacial score (nSPS) is 14.0. The summed E-state index contributed by atoms with van der Waals surface area (Å²) in [5.41, 5.74) is 0. The molecule has 0 amide bonds. The number of carbonyl (C=O) groups is 1. The number of benzene rings is 2. The number of ether oxygens (including phenoxy) is 2. The Morgan fingerprint density at radius 1 is 1.04 bits per heavy atom. The highest BCUT2D eigenvalue weighted by atomic mass is 32.2. The lowest BCUT2D eigenvalue weighted by Gasteiger charge is -2.22. The van der Waals surface area contributed by atoms with Crippen molar-refractivity contribution in [2.24, 2.45) is 0 Å². The second-order valence-corrected chi connectivity index (χ2v) is 5.80. The van der Waals surface area contributed by atoms with Crippen LogP contribution in [-0.2, 0) is 18.9 Å². The summed E-state index contributed by atoms with van der Waals surface area (Å²) in [5, 5.41) is 16.9. The molecule has 0 saturated carbocycles. The summed E-state index contributed by atoms with van der Waals surface area (Å²) in [6.45, 7) is -1.10. The second kappa shape index (κ2) is 8.61. The van der Waals surface area contributed by atoms with Crippen molar-refractivity contribution in [3.8, 4) is 11.5 Å². The molecule has 0 saturated heterocycles. The predicted molar refractivity (Wildman–Crippen MR) is 84.4 cm³/mol. The molecule has 7 nitrogen and oxygen atoms in total. The largest absolute Gasteiger partial charge is 0.507 e. The molecule has 0 aliphatic carbocycles. The third-order valence-electron chi connectivity index (χ3n) is 3.24. The van der Waals surface area contributed by atoms with E-state index in [0.29, 0.717) is 10.8 Å². The number of carbonyl (C=O) groups excluding carboxylic acids is 1. The van der Waals surface area contributed by atoms with Crippen molar-refractivity contribution in [3.05, 3.63) is 36.4 Å². The molecular weight excluding hydrogens is 400 g/mol. The zero-order valence-electron chi connectivity index (χ0n) is 13.2. The van der Waals surface area contributed by atoms with Gasteiger partial charge in [0.05, 0.1) is 12.0 Å². The first kappa shape index (κ1) is 21.0. The fourth-order valence-corrected chi connectivity index (χ4v) is 2.37. The lowest BCUT2D eigenvalue weighted by Crippen LogP contribution is -2.46. The molecular formula is C15H12F4O7S. The summed E-state index contributed by atoms with van der Waals surface area (Å²) in [7, 11) is 0. The van der Waals surface area contributed by atoms with Gasteiger partial charge in [0, 0.05) is 10.8 Å². The number of phenolic OH excluding ortho intramolecular Hbond substituents is 1. The van der Waals surface area contributed by atoms with E-state index in [1.165, 1.54) is 12.1 Å². The third kappa shape index (κ3) is 4.71. The van der Waals surface area contributed by atoms with Crippen LogP contribution in [0.15, 0.2) is 36.4 Å². The highest BCUT2D eigenvalue weighted by Crippen LogP contribution is 2.44. The molecule has 1 atom stereocenters. The van der Waals surface area contributed by atoms with Gasteiger partial charge in [-0.3, -0.25) is 0 Å². The van der Waals surface area contributed by atoms with Crippen molar-refractivity contribution in [1.82, 2.24) is 0 Å². The topological polar surface area (TPSA) is 94.5 Å². The fraction of sp³-hybridized carbons (Fsp3) is 0.267. The highest BCUT2D eigenvalue weighted by Gasteiger charge is 2.66. The van der Waals surface area contributed by atoms with E-state index in [-0.39, 0.29) is 11.5 Å². The maximum Gasteiger partial charge on any atom is 0.446 e. The van der Waals surface area contributed by atoms with Crippen LogP contribution in [0.3, 0.4) is 0 Å². The molecule has 0 spiro atoms. The van der Waals surface area contributed by atoms with E-state index >= 15 is 0 Å². The van der Waals surface area contributed by atoms with E-state index in [2.05, 4.69) is 14.1 Å². The number of fused-ring (bicyclic) bond motifs is 1. The summed E-state index contributed by atoms with van der Waals surface area (Å²) in [5.74, 6) is -2.04. The molecule has 1 unspecified atom stereocenters. The number of hydrogen-bond acceptors (Lipinski definition) is 8. The van der Waals surface area contributed by atoms with E-state index < -0.39 is 42.4 Å². The predicted octanol–water partition coefficient (Wildman–Crippen LogP) is 3.76. The molecule has 148 valence electrons. The molecule has 0 aliphatic heterocycles. The van der Waals surface area contributed by atoms with Gasteiger partial charge in [-0.1, -0.05) is 29.3 Å². The van der Waals surface area contributed by atoms with Crippen molar-refractivity contribution >= 4 is 28.8 Å². The number of rotatable bonds is 8. The van der Waals surface area contributed by atoms with Crippen LogP contribution in [0.25, 0.3) is 10.8 Å². The Labute approximate surface area is 153 Å². The molecule has 2 rings (SSSR count). The van der Waals surface area contributed by atoms with Gasteiger partial charge in [0.25, 0.3) is 0 Å². The number of esters is 1. The van der Waals surface area contributed by atoms with E-state index in [1.807, 2.05) is 0 Å². The van der Waals surface area contributed by atoms with Crippen molar-refractivity contribution in [3.63, 3.8) is 0 Å². The average molecular weight is 412 g/mol. The van der Waals surface area contributed by atoms with Crippen LogP contribution in [-0.4, -0.2) is 40.7 Å². The van der Waals surface area contributed by atoms with Crippen molar-refractivity contribution < 1.29 is 51.6 Å². The Balaban J connectivity index is 1.98. The quantitative estimate of drug-likeness (QED) is 0.169. The van der Waals surface area contributed by atoms with Gasteiger partial charge >= 0.3 is 17.1 Å². The Hall–Kier alpha value is -2.28. The van der Waals surface area contributed by atoms with Crippen LogP contribution in [0, 0.1) is 0 Å². The van der Waals surface area contributed by atoms with Crippen LogP contribution < -0.4 is 4.74 Å². The zero-order valence-corrected chi connectivity index (χ0v) is 14.1. The lowest BCUT2D eigenvalue weighted by atomic mass is 10.1. The van der Waals surface area contributed by atoms with Crippen LogP contribution in [0.2, 0.25) is 0 Å². The number of alkyl halides is 4. The SMILES string of the molecule is O=C(OCCOc1cccc2c(O)cccc12)C(F)(SOOO)C(F)(F)F. The van der Waals surface area contributed by atoms with Crippen molar-refractivity contribution in [2.75, 3.05) is 13.2 Å². The summed E-state index contributed by atoms with van der Waals surface area (Å²) in [6, 6.07) is 9.38. The molecule has 0 bridgehead atoms. The van der Waals surface area contributed by atoms with Crippen molar-refractivity contribution in [2.45, 2.75) is 11.2 Å². The monoisotopic (exact) mass is 412 g/mol. The Morgan fingerprint density at radius 2 is 1.70 bits per heavy atom. The fourth-order valence-electron chi connectivity index (χ4n) is 2.03. The number of phenols is 1. The van der Waals surface area contributed by atoms with Gasteiger partial charge in [0.1, 0.15) is 24.7 Å². The smallest absolute Gasteiger partial charge is 0.446 e. The summed E-state index contributed by atoms with van der Waals surface area (Å²) < 4.78 is 64.9. The van der Waals surface area contributed by atoms with Gasteiger partial charge in [0.15, 0.2) is 0 Å². The average Bonchev–Trinajstić information content (AvgIpc) is 2.62. The van der Waals surface area contributed by atoms with Gasteiger partial charge in [-0.05, 0) is 12.1 Å². The van der Waals surface area contributed by atoms with E-state index in [4.69, 9.17) is 9.99 Å². The number of halogens is 4. The lowest BCUT2D eigenvalue weighted by molar-refractivity contribution is -0.433. The molecule has 27 heavy (non-hydrogen) atoms. The standard InChI is InChI=1S/C15H12F4O7S/c16-14(15(17,18)19,27-26-25-22)13(21)24-8-7-23-12-6-2-3-9-10(12)4-1-5-11(9)20/h1-6,20,22H,7-8H2. The van der Waals surface area contributed by atoms with Gasteiger partial charge < -0.3 is 14.6 Å². The van der Waals surface area contributed by atoms with Crippen LogP contribution in [0.5, 0.6) is 11.5 Å². The summed E-state index contributed by atoms with van der Waals surface area (Å²) in [6.07, 6.45) is -5.69. The van der Waals surface area contributed by atoms with Gasteiger partial charge in [0.2, 0.25) is 0 Å². The molecule has 0 heterocycles. The Kier molecular flexibility index (Phi) is 6.70. The second-order valence-electron chi connectivity index (χ2n) is 4.93. The van der Waals surface area contributed by atoms with Crippen molar-refractivity contribution in [1.29, 1.82) is 0 Å². The number of hydrogen-bond donors (Lipinski definition) is 2. The minimum absolute atomic E-state index is 0.0000973. The molecule has 2 aromatic carbocycles. The molecule has 0 radical (unpaired) electrons. The molecule has 2 N–H and O–H groups in total. The van der Waals surface area contributed by atoms with Crippen LogP contribution >= 0.6 is 12.0 Å². The maximum absolute atomic E-state index is 13.9. The first-order chi connectivity index (χ1) is 12.7. The molecule has 0 fully saturated rings. The molecule has 2 aromatic rings. The maximum atomic E-state index is 13.9. The first-order valence-electron chi connectivity index (χ1n) is 7.13. The van der Waals surface area contributed by atoms with Gasteiger partial charge in [-0.25, -0.2) is 14.4 Å². The van der Waals surface area contributed by atoms with E-state index in [9.17, 15) is 27.5 Å². The Bertz CT molecular complexity index is 801. The molecule has 12 heteroatoms.